The van der Waals surface area contributed by atoms with E-state index in [1.807, 2.05) is 26.8 Å². The van der Waals surface area contributed by atoms with Crippen LogP contribution >= 0.6 is 0 Å². The highest BCUT2D eigenvalue weighted by Gasteiger charge is 2.35. The molecule has 0 fully saturated rings. The third-order valence-corrected chi connectivity index (χ3v) is 3.14. The van der Waals surface area contributed by atoms with Crippen LogP contribution < -0.4 is 9.47 Å². The molecule has 0 aromatic heterocycles. The highest BCUT2D eigenvalue weighted by atomic mass is 16.6. The Morgan fingerprint density at radius 3 is 2.80 bits per heavy atom. The summed E-state index contributed by atoms with van der Waals surface area (Å²) >= 11 is 0. The van der Waals surface area contributed by atoms with E-state index in [1.54, 1.807) is 6.07 Å². The summed E-state index contributed by atoms with van der Waals surface area (Å²) in [5.41, 5.74) is 2.52. The van der Waals surface area contributed by atoms with Crippen LogP contribution in [-0.2, 0) is 4.74 Å². The van der Waals surface area contributed by atoms with Crippen molar-refractivity contribution in [3.8, 4) is 11.5 Å². The summed E-state index contributed by atoms with van der Waals surface area (Å²) < 4.78 is 15.7. The Hall–Kier alpha value is -2.01. The number of cyclic esters (lactones) is 1. The molecule has 0 spiro atoms. The molecule has 0 aliphatic carbocycles. The molecule has 5 nitrogen and oxygen atoms in total. The molecule has 5 heteroatoms. The first-order valence-electron chi connectivity index (χ1n) is 6.32. The topological polar surface area (TPSA) is 65.0 Å². The molecule has 1 atom stereocenters. The van der Waals surface area contributed by atoms with Crippen molar-refractivity contribution >= 4 is 5.97 Å². The number of methoxy groups -OCH3 is 1. The summed E-state index contributed by atoms with van der Waals surface area (Å²) in [5.74, 6) is 0.398. The Morgan fingerprint density at radius 2 is 2.20 bits per heavy atom. The molecule has 2 rings (SSSR count). The maximum absolute atomic E-state index is 11.7. The van der Waals surface area contributed by atoms with Crippen molar-refractivity contribution in [2.24, 2.45) is 0 Å². The van der Waals surface area contributed by atoms with Crippen molar-refractivity contribution in [2.75, 3.05) is 13.7 Å². The van der Waals surface area contributed by atoms with Crippen molar-refractivity contribution in [2.45, 2.75) is 27.1 Å². The minimum Gasteiger partial charge on any atom is -0.496 e. The second-order valence-corrected chi connectivity index (χ2v) is 4.84. The van der Waals surface area contributed by atoms with E-state index in [2.05, 4.69) is 0 Å². The first-order valence-corrected chi connectivity index (χ1v) is 6.32. The van der Waals surface area contributed by atoms with Crippen molar-refractivity contribution in [1.29, 1.82) is 0 Å². The number of rotatable bonds is 4. The molecule has 1 aliphatic rings. The lowest BCUT2D eigenvalue weighted by Gasteiger charge is -2.15. The van der Waals surface area contributed by atoms with Crippen molar-refractivity contribution in [3.63, 3.8) is 0 Å². The molecule has 0 amide bonds. The van der Waals surface area contributed by atoms with Gasteiger partial charge in [-0.05, 0) is 32.9 Å². The van der Waals surface area contributed by atoms with E-state index in [0.29, 0.717) is 23.7 Å². The Bertz CT molecular complexity index is 570. The zero-order chi connectivity index (χ0) is 14.9. The van der Waals surface area contributed by atoms with Crippen molar-refractivity contribution < 1.29 is 24.1 Å². The highest BCUT2D eigenvalue weighted by Crippen LogP contribution is 2.42. The lowest BCUT2D eigenvalue weighted by atomic mass is 10.0. The first-order chi connectivity index (χ1) is 9.45. The largest absolute Gasteiger partial charge is 0.496 e. The lowest BCUT2D eigenvalue weighted by molar-refractivity contribution is -0.0556. The van der Waals surface area contributed by atoms with Crippen LogP contribution in [0.2, 0.25) is 0 Å². The smallest absolute Gasteiger partial charge is 0.341 e. The number of aliphatic hydroxyl groups excluding tert-OH is 1. The number of esters is 1. The fourth-order valence-electron chi connectivity index (χ4n) is 2.10. The average Bonchev–Trinajstić information content (AvgIpc) is 2.65. The maximum Gasteiger partial charge on any atom is 0.341 e. The maximum atomic E-state index is 11.7. The van der Waals surface area contributed by atoms with E-state index < -0.39 is 12.3 Å². The van der Waals surface area contributed by atoms with E-state index in [4.69, 9.17) is 14.2 Å². The van der Waals surface area contributed by atoms with E-state index in [0.717, 1.165) is 11.1 Å². The van der Waals surface area contributed by atoms with Crippen LogP contribution in [0.4, 0.5) is 0 Å². The van der Waals surface area contributed by atoms with Gasteiger partial charge < -0.3 is 19.3 Å². The fourth-order valence-corrected chi connectivity index (χ4v) is 2.10. The molecule has 0 unspecified atom stereocenters. The van der Waals surface area contributed by atoms with Crippen LogP contribution in [0.5, 0.6) is 11.5 Å². The van der Waals surface area contributed by atoms with Gasteiger partial charge >= 0.3 is 5.97 Å². The Kier molecular flexibility index (Phi) is 3.99. The number of aliphatic hydroxyl groups is 1. The van der Waals surface area contributed by atoms with Gasteiger partial charge in [-0.25, -0.2) is 4.79 Å². The summed E-state index contributed by atoms with van der Waals surface area (Å²) in [5, 5.41) is 9.75. The van der Waals surface area contributed by atoms with Gasteiger partial charge in [-0.2, -0.15) is 0 Å². The average molecular weight is 278 g/mol. The molecule has 1 N–H and O–H groups in total. The molecule has 0 radical (unpaired) electrons. The minimum absolute atomic E-state index is 0.284. The van der Waals surface area contributed by atoms with Gasteiger partial charge in [0.05, 0.1) is 18.2 Å². The molecule has 0 bridgehead atoms. The van der Waals surface area contributed by atoms with Gasteiger partial charge in [-0.3, -0.25) is 0 Å². The third-order valence-electron chi connectivity index (χ3n) is 3.14. The summed E-state index contributed by atoms with van der Waals surface area (Å²) in [6, 6.07) is 1.59. The molecule has 1 aromatic rings. The van der Waals surface area contributed by atoms with Gasteiger partial charge in [0.2, 0.25) is 6.29 Å². The fraction of sp³-hybridized carbons (Fsp3) is 0.400. The predicted molar refractivity (Wildman–Crippen MR) is 73.0 cm³/mol. The van der Waals surface area contributed by atoms with E-state index in [-0.39, 0.29) is 5.56 Å². The van der Waals surface area contributed by atoms with E-state index in [9.17, 15) is 9.90 Å². The first kappa shape index (κ1) is 14.4. The Labute approximate surface area is 117 Å². The van der Waals surface area contributed by atoms with E-state index in [1.165, 1.54) is 7.11 Å². The molecule has 1 aromatic carbocycles. The number of hydrogen-bond donors (Lipinski definition) is 1. The normalized spacial score (nSPS) is 16.4. The SMILES string of the molecule is COc1c(C)c(OCC=C(C)C)cc2c1[C@H](O)OC2=O. The van der Waals surface area contributed by atoms with Crippen LogP contribution in [0, 0.1) is 6.92 Å². The second kappa shape index (κ2) is 5.54. The van der Waals surface area contributed by atoms with Gasteiger partial charge in [0.15, 0.2) is 0 Å². The molecular formula is C15H18O5. The molecule has 20 heavy (non-hydrogen) atoms. The summed E-state index contributed by atoms with van der Waals surface area (Å²) in [4.78, 5) is 11.7. The van der Waals surface area contributed by atoms with Crippen LogP contribution in [0.25, 0.3) is 0 Å². The quantitative estimate of drug-likeness (QED) is 0.677. The van der Waals surface area contributed by atoms with Crippen LogP contribution in [0.15, 0.2) is 17.7 Å². The number of carbonyl (C=O) groups excluding carboxylic acids is 1. The number of benzene rings is 1. The van der Waals surface area contributed by atoms with Crippen molar-refractivity contribution in [1.82, 2.24) is 0 Å². The van der Waals surface area contributed by atoms with Gasteiger partial charge in [0.25, 0.3) is 0 Å². The van der Waals surface area contributed by atoms with Gasteiger partial charge in [0.1, 0.15) is 18.1 Å². The lowest BCUT2D eigenvalue weighted by Crippen LogP contribution is -2.03. The van der Waals surface area contributed by atoms with Crippen molar-refractivity contribution in [3.05, 3.63) is 34.4 Å². The molecular weight excluding hydrogens is 260 g/mol. The number of hydrogen-bond acceptors (Lipinski definition) is 5. The molecule has 108 valence electrons. The minimum atomic E-state index is -1.28. The van der Waals surface area contributed by atoms with Crippen LogP contribution in [0.1, 0.15) is 41.6 Å². The Morgan fingerprint density at radius 1 is 1.50 bits per heavy atom. The number of allylic oxidation sites excluding steroid dienone is 1. The number of carbonyl (C=O) groups is 1. The second-order valence-electron chi connectivity index (χ2n) is 4.84. The third kappa shape index (κ3) is 2.49. The summed E-state index contributed by atoms with van der Waals surface area (Å²) in [6.07, 6.45) is 0.657. The van der Waals surface area contributed by atoms with Gasteiger partial charge in [-0.1, -0.05) is 5.57 Å². The molecule has 1 aliphatic heterocycles. The van der Waals surface area contributed by atoms with Gasteiger partial charge in [0, 0.05) is 5.56 Å². The number of fused-ring (bicyclic) bond motifs is 1. The van der Waals surface area contributed by atoms with Gasteiger partial charge in [-0.15, -0.1) is 0 Å². The highest BCUT2D eigenvalue weighted by molar-refractivity contribution is 5.95. The molecule has 0 saturated heterocycles. The monoisotopic (exact) mass is 278 g/mol. The van der Waals surface area contributed by atoms with Crippen LogP contribution in [0.3, 0.4) is 0 Å². The Balaban J connectivity index is 2.43. The summed E-state index contributed by atoms with van der Waals surface area (Å²) in [7, 11) is 1.48. The molecule has 0 saturated carbocycles. The standard InChI is InChI=1S/C15H18O5/c1-8(2)5-6-19-11-7-10-12(13(18-4)9(11)3)15(17)20-14(10)16/h5,7,15,17H,6H2,1-4H3/t15-/m1/s1. The van der Waals surface area contributed by atoms with E-state index >= 15 is 0 Å². The molecule has 1 heterocycles. The van der Waals surface area contributed by atoms with Crippen LogP contribution in [-0.4, -0.2) is 24.8 Å². The zero-order valence-corrected chi connectivity index (χ0v) is 12.0. The predicted octanol–water partition coefficient (Wildman–Crippen LogP) is 2.51. The zero-order valence-electron chi connectivity index (χ0n) is 12.0. The summed E-state index contributed by atoms with van der Waals surface area (Å²) in [6.45, 7) is 6.18. The number of ether oxygens (including phenoxy) is 3.